The molecule has 0 aliphatic carbocycles. The Morgan fingerprint density at radius 3 is 1.58 bits per heavy atom. The minimum absolute atomic E-state index is 0.0439. The van der Waals surface area contributed by atoms with Crippen molar-refractivity contribution in [3.05, 3.63) is 83.9 Å². The summed E-state index contributed by atoms with van der Waals surface area (Å²) >= 11 is 0. The number of ether oxygens (including phenoxy) is 2. The quantitative estimate of drug-likeness (QED) is 0.120. The first-order chi connectivity index (χ1) is 20.7. The molecule has 2 aromatic carbocycles. The summed E-state index contributed by atoms with van der Waals surface area (Å²) in [6.45, 7) is 5.88. The van der Waals surface area contributed by atoms with Gasteiger partial charge in [-0.1, -0.05) is 33.6 Å². The Morgan fingerprint density at radius 2 is 1.16 bits per heavy atom. The van der Waals surface area contributed by atoms with Gasteiger partial charge in [0.1, 0.15) is 0 Å². The lowest BCUT2D eigenvalue weighted by atomic mass is 10.0. The maximum Gasteiger partial charge on any atom is 0.311 e. The van der Waals surface area contributed by atoms with Crippen LogP contribution in [0.5, 0.6) is 11.5 Å². The lowest BCUT2D eigenvalue weighted by Gasteiger charge is -2.12. The van der Waals surface area contributed by atoms with Gasteiger partial charge in [0.2, 0.25) is 0 Å². The molecule has 0 aliphatic heterocycles. The molecule has 224 valence electrons. The monoisotopic (exact) mass is 588 g/mol. The number of carbonyl (C=O) groups is 2. The van der Waals surface area contributed by atoms with Crippen molar-refractivity contribution >= 4 is 11.9 Å². The van der Waals surface area contributed by atoms with Gasteiger partial charge in [-0.2, -0.15) is 0 Å². The molecule has 4 aromatic rings. The highest BCUT2D eigenvalue weighted by molar-refractivity contribution is 5.74. The third kappa shape index (κ3) is 8.94. The number of carbonyl (C=O) groups excluding carboxylic acids is 2. The van der Waals surface area contributed by atoms with Crippen LogP contribution < -0.4 is 9.47 Å². The minimum Gasteiger partial charge on any atom is -0.423 e. The van der Waals surface area contributed by atoms with Crippen molar-refractivity contribution in [2.75, 3.05) is 0 Å². The van der Waals surface area contributed by atoms with Crippen LogP contribution in [0.2, 0.25) is 0 Å². The Hall–Kier alpha value is -4.60. The first-order valence-electron chi connectivity index (χ1n) is 14.4. The van der Waals surface area contributed by atoms with Crippen molar-refractivity contribution in [3.8, 4) is 34.3 Å². The van der Waals surface area contributed by atoms with Crippen molar-refractivity contribution < 1.29 is 27.8 Å². The fourth-order valence-corrected chi connectivity index (χ4v) is 4.38. The molecule has 0 bridgehead atoms. The zero-order chi connectivity index (χ0) is 30.8. The van der Waals surface area contributed by atoms with E-state index in [2.05, 4.69) is 33.8 Å². The van der Waals surface area contributed by atoms with Gasteiger partial charge in [0.25, 0.3) is 0 Å². The van der Waals surface area contributed by atoms with Crippen LogP contribution in [-0.2, 0) is 22.4 Å². The molecule has 0 fully saturated rings. The molecular weight excluding hydrogens is 554 g/mol. The van der Waals surface area contributed by atoms with Crippen LogP contribution in [0.1, 0.15) is 64.0 Å². The first kappa shape index (κ1) is 31.3. The van der Waals surface area contributed by atoms with Crippen LogP contribution in [0.3, 0.4) is 0 Å². The molecular formula is C33H34F2N4O4. The van der Waals surface area contributed by atoms with E-state index in [0.29, 0.717) is 29.2 Å². The average Bonchev–Trinajstić information content (AvgIpc) is 2.99. The van der Waals surface area contributed by atoms with Gasteiger partial charge < -0.3 is 9.47 Å². The van der Waals surface area contributed by atoms with Crippen LogP contribution in [0.15, 0.2) is 61.2 Å². The third-order valence-electron chi connectivity index (χ3n) is 6.67. The van der Waals surface area contributed by atoms with E-state index in [-0.39, 0.29) is 30.3 Å². The minimum atomic E-state index is -0.712. The summed E-state index contributed by atoms with van der Waals surface area (Å²) in [6.07, 6.45) is 10.7. The first-order valence-corrected chi connectivity index (χ1v) is 14.4. The van der Waals surface area contributed by atoms with Crippen LogP contribution in [0.25, 0.3) is 22.8 Å². The smallest absolute Gasteiger partial charge is 0.311 e. The van der Waals surface area contributed by atoms with Gasteiger partial charge >= 0.3 is 11.9 Å². The molecule has 43 heavy (non-hydrogen) atoms. The van der Waals surface area contributed by atoms with E-state index in [0.717, 1.165) is 36.8 Å². The van der Waals surface area contributed by atoms with E-state index in [4.69, 9.17) is 9.47 Å². The van der Waals surface area contributed by atoms with Gasteiger partial charge in [-0.25, -0.2) is 28.7 Å². The van der Waals surface area contributed by atoms with Gasteiger partial charge in [0.15, 0.2) is 34.8 Å². The van der Waals surface area contributed by atoms with E-state index in [1.54, 1.807) is 43.8 Å². The molecule has 1 atom stereocenters. The SMILES string of the molecule is CCCc1cnc(-c2ccc(OC(=O)CC[C@@H](C)CC(=O)Oc3ccc(-c4ncc(CCC)cn4)cc3F)c(F)c2)nc1. The molecule has 0 saturated heterocycles. The molecule has 0 aliphatic rings. The zero-order valence-corrected chi connectivity index (χ0v) is 24.5. The normalized spacial score (nSPS) is 11.7. The summed E-state index contributed by atoms with van der Waals surface area (Å²) in [6, 6.07) is 8.33. The number of benzene rings is 2. The van der Waals surface area contributed by atoms with E-state index in [1.165, 1.54) is 24.3 Å². The fourth-order valence-electron chi connectivity index (χ4n) is 4.38. The molecule has 0 amide bonds. The van der Waals surface area contributed by atoms with Gasteiger partial charge in [-0.15, -0.1) is 0 Å². The fraction of sp³-hybridized carbons (Fsp3) is 0.333. The molecule has 0 N–H and O–H groups in total. The largest absolute Gasteiger partial charge is 0.423 e. The van der Waals surface area contributed by atoms with Gasteiger partial charge in [0.05, 0.1) is 0 Å². The van der Waals surface area contributed by atoms with E-state index in [9.17, 15) is 18.4 Å². The van der Waals surface area contributed by atoms with Crippen molar-refractivity contribution in [3.63, 3.8) is 0 Å². The van der Waals surface area contributed by atoms with Gasteiger partial charge in [0, 0.05) is 48.8 Å². The molecule has 4 rings (SSSR count). The molecule has 0 spiro atoms. The third-order valence-corrected chi connectivity index (χ3v) is 6.67. The number of nitrogens with zero attached hydrogens (tertiary/aromatic N) is 4. The van der Waals surface area contributed by atoms with E-state index < -0.39 is 23.6 Å². The summed E-state index contributed by atoms with van der Waals surface area (Å²) in [5.74, 6) is -2.63. The molecule has 2 heterocycles. The topological polar surface area (TPSA) is 104 Å². The van der Waals surface area contributed by atoms with Crippen LogP contribution >= 0.6 is 0 Å². The molecule has 8 nitrogen and oxygen atoms in total. The summed E-state index contributed by atoms with van der Waals surface area (Å²) in [5, 5.41) is 0. The lowest BCUT2D eigenvalue weighted by molar-refractivity contribution is -0.137. The molecule has 0 radical (unpaired) electrons. The summed E-state index contributed by atoms with van der Waals surface area (Å²) < 4.78 is 39.7. The number of aryl methyl sites for hydroxylation is 2. The Bertz CT molecular complexity index is 1550. The van der Waals surface area contributed by atoms with Crippen LogP contribution in [-0.4, -0.2) is 31.9 Å². The lowest BCUT2D eigenvalue weighted by Crippen LogP contribution is -2.15. The second-order valence-corrected chi connectivity index (χ2v) is 10.4. The average molecular weight is 589 g/mol. The second-order valence-electron chi connectivity index (χ2n) is 10.4. The highest BCUT2D eigenvalue weighted by Crippen LogP contribution is 2.26. The number of hydrogen-bond donors (Lipinski definition) is 0. The maximum atomic E-state index is 14.7. The number of esters is 2. The maximum absolute atomic E-state index is 14.7. The van der Waals surface area contributed by atoms with Crippen molar-refractivity contribution in [1.82, 2.24) is 19.9 Å². The molecule has 0 saturated carbocycles. The Morgan fingerprint density at radius 1 is 0.721 bits per heavy atom. The standard InChI is InChI=1S/C33H34F2N4O4/c1-4-6-22-17-36-32(37-18-22)24-9-11-28(26(34)15-24)42-30(40)13-8-21(3)14-31(41)43-29-12-10-25(16-27(29)35)33-38-19-23(7-5-2)20-39-33/h9-12,15-21H,4-8,13-14H2,1-3H3/t21-/m1/s1. The Kier molecular flexibility index (Phi) is 11.0. The highest BCUT2D eigenvalue weighted by Gasteiger charge is 2.18. The van der Waals surface area contributed by atoms with Crippen molar-refractivity contribution in [1.29, 1.82) is 0 Å². The number of aromatic nitrogens is 4. The van der Waals surface area contributed by atoms with E-state index in [1.807, 2.05) is 0 Å². The Labute approximate surface area is 249 Å². The number of halogens is 2. The van der Waals surface area contributed by atoms with Crippen LogP contribution in [0, 0.1) is 17.6 Å². The van der Waals surface area contributed by atoms with Crippen LogP contribution in [0.4, 0.5) is 8.78 Å². The van der Waals surface area contributed by atoms with Gasteiger partial charge in [-0.3, -0.25) is 9.59 Å². The molecule has 10 heteroatoms. The number of hydrogen-bond acceptors (Lipinski definition) is 8. The molecule has 2 aromatic heterocycles. The van der Waals surface area contributed by atoms with Crippen molar-refractivity contribution in [2.45, 2.75) is 65.7 Å². The number of rotatable bonds is 13. The summed E-state index contributed by atoms with van der Waals surface area (Å²) in [7, 11) is 0. The van der Waals surface area contributed by atoms with Gasteiger partial charge in [-0.05, 0) is 72.7 Å². The predicted octanol–water partition coefficient (Wildman–Crippen LogP) is 7.10. The second kappa shape index (κ2) is 15.0. The zero-order valence-electron chi connectivity index (χ0n) is 24.5. The summed E-state index contributed by atoms with van der Waals surface area (Å²) in [5.41, 5.74) is 2.93. The molecule has 0 unspecified atom stereocenters. The Balaban J connectivity index is 1.24. The summed E-state index contributed by atoms with van der Waals surface area (Å²) in [4.78, 5) is 41.9. The highest BCUT2D eigenvalue weighted by atomic mass is 19.1. The van der Waals surface area contributed by atoms with E-state index >= 15 is 0 Å². The van der Waals surface area contributed by atoms with Crippen molar-refractivity contribution in [2.24, 2.45) is 5.92 Å². The predicted molar refractivity (Wildman–Crippen MR) is 157 cm³/mol.